The molecule has 0 radical (unpaired) electrons. The average molecular weight is 331 g/mol. The molecule has 1 saturated heterocycles. The lowest BCUT2D eigenvalue weighted by molar-refractivity contribution is 0.360. The maximum Gasteiger partial charge on any atom is 0.243 e. The molecule has 5 nitrogen and oxygen atoms in total. The Morgan fingerprint density at radius 3 is 2.22 bits per heavy atom. The van der Waals surface area contributed by atoms with Crippen molar-refractivity contribution in [2.45, 2.75) is 11.8 Å². The van der Waals surface area contributed by atoms with E-state index in [9.17, 15) is 8.42 Å². The number of nitrogens with one attached hydrogen (secondary N) is 1. The first kappa shape index (κ1) is 16.0. The smallest absolute Gasteiger partial charge is 0.243 e. The number of hydrogen-bond donors (Lipinski definition) is 2. The average Bonchev–Trinajstić information content (AvgIpc) is 2.58. The molecule has 1 heterocycles. The van der Waals surface area contributed by atoms with E-state index in [-0.39, 0.29) is 0 Å². The number of anilines is 1. The number of sulfonamides is 1. The quantitative estimate of drug-likeness (QED) is 0.842. The van der Waals surface area contributed by atoms with Crippen LogP contribution in [0.5, 0.6) is 0 Å². The van der Waals surface area contributed by atoms with Gasteiger partial charge in [0, 0.05) is 31.9 Å². The van der Waals surface area contributed by atoms with E-state index >= 15 is 0 Å². The summed E-state index contributed by atoms with van der Waals surface area (Å²) in [5.41, 5.74) is 9.66. The fourth-order valence-corrected chi connectivity index (χ4v) is 4.11. The molecule has 0 saturated carbocycles. The number of benzene rings is 2. The molecule has 0 bridgehead atoms. The zero-order valence-corrected chi connectivity index (χ0v) is 13.9. The molecular weight excluding hydrogens is 310 g/mol. The van der Waals surface area contributed by atoms with Gasteiger partial charge in [-0.15, -0.1) is 0 Å². The van der Waals surface area contributed by atoms with Crippen molar-refractivity contribution in [3.63, 3.8) is 0 Å². The lowest BCUT2D eigenvalue weighted by Gasteiger charge is -2.26. The summed E-state index contributed by atoms with van der Waals surface area (Å²) in [4.78, 5) is 0.336. The summed E-state index contributed by atoms with van der Waals surface area (Å²) in [7, 11) is -3.41. The van der Waals surface area contributed by atoms with Crippen molar-refractivity contribution < 1.29 is 8.42 Å². The van der Waals surface area contributed by atoms with Gasteiger partial charge in [-0.1, -0.05) is 24.3 Å². The van der Waals surface area contributed by atoms with E-state index in [1.165, 1.54) is 4.31 Å². The SMILES string of the molecule is Cc1ccc(-c2ccc(S(=O)(=O)N3CCNCC3)cc2)cc1N. The second kappa shape index (κ2) is 6.31. The predicted octanol–water partition coefficient (Wildman–Crippen LogP) is 1.84. The molecule has 0 aliphatic carbocycles. The first-order chi connectivity index (χ1) is 11.0. The number of nitrogens with zero attached hydrogens (tertiary/aromatic N) is 1. The normalized spacial score (nSPS) is 16.4. The number of aryl methyl sites for hydroxylation is 1. The van der Waals surface area contributed by atoms with E-state index in [2.05, 4.69) is 5.32 Å². The second-order valence-electron chi connectivity index (χ2n) is 5.75. The van der Waals surface area contributed by atoms with Crippen LogP contribution in [0, 0.1) is 6.92 Å². The maximum absolute atomic E-state index is 12.6. The molecule has 3 rings (SSSR count). The van der Waals surface area contributed by atoms with Crippen molar-refractivity contribution in [1.82, 2.24) is 9.62 Å². The predicted molar refractivity (Wildman–Crippen MR) is 92.7 cm³/mol. The molecule has 2 aromatic carbocycles. The molecule has 0 spiro atoms. The Labute approximate surface area is 137 Å². The minimum Gasteiger partial charge on any atom is -0.398 e. The van der Waals surface area contributed by atoms with E-state index in [0.29, 0.717) is 31.1 Å². The Balaban J connectivity index is 1.88. The van der Waals surface area contributed by atoms with Crippen molar-refractivity contribution in [3.8, 4) is 11.1 Å². The van der Waals surface area contributed by atoms with Crippen LogP contribution >= 0.6 is 0 Å². The summed E-state index contributed by atoms with van der Waals surface area (Å²) >= 11 is 0. The van der Waals surface area contributed by atoms with Gasteiger partial charge in [0.25, 0.3) is 0 Å². The van der Waals surface area contributed by atoms with E-state index in [0.717, 1.165) is 22.4 Å². The van der Waals surface area contributed by atoms with Gasteiger partial charge in [0.1, 0.15) is 0 Å². The molecule has 0 aromatic heterocycles. The summed E-state index contributed by atoms with van der Waals surface area (Å²) in [5.74, 6) is 0. The van der Waals surface area contributed by atoms with Crippen LogP contribution in [-0.4, -0.2) is 38.9 Å². The van der Waals surface area contributed by atoms with Crippen LogP contribution in [-0.2, 0) is 10.0 Å². The van der Waals surface area contributed by atoms with E-state index in [1.807, 2.05) is 37.3 Å². The molecule has 0 amide bonds. The monoisotopic (exact) mass is 331 g/mol. The van der Waals surface area contributed by atoms with Gasteiger partial charge in [0.15, 0.2) is 0 Å². The van der Waals surface area contributed by atoms with Gasteiger partial charge < -0.3 is 11.1 Å². The third kappa shape index (κ3) is 3.24. The van der Waals surface area contributed by atoms with Crippen LogP contribution in [0.2, 0.25) is 0 Å². The van der Waals surface area contributed by atoms with Gasteiger partial charge >= 0.3 is 0 Å². The van der Waals surface area contributed by atoms with Gasteiger partial charge in [0.05, 0.1) is 4.90 Å². The number of nitrogen functional groups attached to an aromatic ring is 1. The van der Waals surface area contributed by atoms with Crippen LogP contribution in [0.25, 0.3) is 11.1 Å². The fourth-order valence-electron chi connectivity index (χ4n) is 2.67. The van der Waals surface area contributed by atoms with Gasteiger partial charge in [-0.05, 0) is 41.8 Å². The van der Waals surface area contributed by atoms with Gasteiger partial charge in [-0.3, -0.25) is 0 Å². The van der Waals surface area contributed by atoms with E-state index in [1.54, 1.807) is 12.1 Å². The summed E-state index contributed by atoms with van der Waals surface area (Å²) in [6, 6.07) is 12.9. The number of nitrogens with two attached hydrogens (primary N) is 1. The highest BCUT2D eigenvalue weighted by atomic mass is 32.2. The molecule has 1 aliphatic heterocycles. The minimum atomic E-state index is -3.41. The third-order valence-corrected chi connectivity index (χ3v) is 6.09. The molecule has 122 valence electrons. The van der Waals surface area contributed by atoms with Crippen molar-refractivity contribution in [1.29, 1.82) is 0 Å². The van der Waals surface area contributed by atoms with Crippen molar-refractivity contribution >= 4 is 15.7 Å². The number of piperazine rings is 1. The van der Waals surface area contributed by atoms with Crippen molar-refractivity contribution in [2.24, 2.45) is 0 Å². The van der Waals surface area contributed by atoms with Crippen LogP contribution in [0.1, 0.15) is 5.56 Å². The molecule has 3 N–H and O–H groups in total. The van der Waals surface area contributed by atoms with Crippen molar-refractivity contribution in [2.75, 3.05) is 31.9 Å². The van der Waals surface area contributed by atoms with Gasteiger partial charge in [0.2, 0.25) is 10.0 Å². The third-order valence-electron chi connectivity index (χ3n) is 4.18. The summed E-state index contributed by atoms with van der Waals surface area (Å²) < 4.78 is 26.8. The van der Waals surface area contributed by atoms with E-state index in [4.69, 9.17) is 5.73 Å². The fraction of sp³-hybridized carbons (Fsp3) is 0.294. The zero-order valence-electron chi connectivity index (χ0n) is 13.1. The Morgan fingerprint density at radius 2 is 1.61 bits per heavy atom. The van der Waals surface area contributed by atoms with Crippen LogP contribution in [0.3, 0.4) is 0 Å². The molecule has 0 atom stereocenters. The molecular formula is C17H21N3O2S. The summed E-state index contributed by atoms with van der Waals surface area (Å²) in [5, 5.41) is 3.16. The molecule has 1 fully saturated rings. The summed E-state index contributed by atoms with van der Waals surface area (Å²) in [6.07, 6.45) is 0. The van der Waals surface area contributed by atoms with Crippen molar-refractivity contribution in [3.05, 3.63) is 48.0 Å². The molecule has 2 aromatic rings. The molecule has 0 unspecified atom stereocenters. The Bertz CT molecular complexity index is 795. The largest absolute Gasteiger partial charge is 0.398 e. The van der Waals surface area contributed by atoms with Crippen LogP contribution < -0.4 is 11.1 Å². The van der Waals surface area contributed by atoms with Gasteiger partial charge in [-0.2, -0.15) is 4.31 Å². The standard InChI is InChI=1S/C17H21N3O2S/c1-13-2-3-15(12-17(13)18)14-4-6-16(7-5-14)23(21,22)20-10-8-19-9-11-20/h2-7,12,19H,8-11,18H2,1H3. The van der Waals surface area contributed by atoms with Gasteiger partial charge in [-0.25, -0.2) is 8.42 Å². The maximum atomic E-state index is 12.6. The molecule has 6 heteroatoms. The number of hydrogen-bond acceptors (Lipinski definition) is 4. The van der Waals surface area contributed by atoms with Crippen LogP contribution in [0.4, 0.5) is 5.69 Å². The molecule has 1 aliphatic rings. The highest BCUT2D eigenvalue weighted by molar-refractivity contribution is 7.89. The summed E-state index contributed by atoms with van der Waals surface area (Å²) in [6.45, 7) is 4.37. The lowest BCUT2D eigenvalue weighted by Crippen LogP contribution is -2.46. The Hall–Kier alpha value is -1.89. The Kier molecular flexibility index (Phi) is 4.39. The first-order valence-corrected chi connectivity index (χ1v) is 9.10. The lowest BCUT2D eigenvalue weighted by atomic mass is 10.0. The topological polar surface area (TPSA) is 75.4 Å². The number of rotatable bonds is 3. The highest BCUT2D eigenvalue weighted by Crippen LogP contribution is 2.26. The van der Waals surface area contributed by atoms with Crippen LogP contribution in [0.15, 0.2) is 47.4 Å². The Morgan fingerprint density at radius 1 is 1.00 bits per heavy atom. The molecule has 23 heavy (non-hydrogen) atoms. The highest BCUT2D eigenvalue weighted by Gasteiger charge is 2.25. The zero-order chi connectivity index (χ0) is 16.4. The first-order valence-electron chi connectivity index (χ1n) is 7.66. The van der Waals surface area contributed by atoms with E-state index < -0.39 is 10.0 Å². The second-order valence-corrected chi connectivity index (χ2v) is 7.69. The minimum absolute atomic E-state index is 0.336.